The Balaban J connectivity index is 1.80. The highest BCUT2D eigenvalue weighted by Gasteiger charge is 2.32. The van der Waals surface area contributed by atoms with Gasteiger partial charge >= 0.3 is 0 Å². The summed E-state index contributed by atoms with van der Waals surface area (Å²) in [5.41, 5.74) is 0.761. The molecule has 1 aliphatic rings. The van der Waals surface area contributed by atoms with E-state index in [-0.39, 0.29) is 28.3 Å². The number of halogens is 1. The van der Waals surface area contributed by atoms with Gasteiger partial charge in [0.25, 0.3) is 5.69 Å². The van der Waals surface area contributed by atoms with Crippen molar-refractivity contribution in [3.63, 3.8) is 0 Å². The van der Waals surface area contributed by atoms with E-state index in [2.05, 4.69) is 10.0 Å². The standard InChI is InChI=1S/C20H23ClN4O5S/c1-31(29,30)23-15-9-11-24(12-10-15)19(14-5-3-2-4-6-14)20(26)22-16-7-8-17(21)18(13-16)25(27)28/h2-8,13,15,19,23H,9-12H2,1H3,(H,22,26)/t19-/m1/s1. The van der Waals surface area contributed by atoms with Crippen molar-refractivity contribution in [3.8, 4) is 0 Å². The van der Waals surface area contributed by atoms with Crippen LogP contribution in [0.5, 0.6) is 0 Å². The number of sulfonamides is 1. The molecule has 1 amide bonds. The normalized spacial score (nSPS) is 16.6. The van der Waals surface area contributed by atoms with E-state index >= 15 is 0 Å². The molecule has 0 unspecified atom stereocenters. The van der Waals surface area contributed by atoms with E-state index < -0.39 is 21.0 Å². The minimum absolute atomic E-state index is 0.0111. The fourth-order valence-corrected chi connectivity index (χ4v) is 4.71. The van der Waals surface area contributed by atoms with Crippen LogP contribution in [0.1, 0.15) is 24.4 Å². The Hall–Kier alpha value is -2.53. The number of carbonyl (C=O) groups excluding carboxylic acids is 1. The van der Waals surface area contributed by atoms with Crippen molar-refractivity contribution in [3.05, 3.63) is 69.2 Å². The highest BCUT2D eigenvalue weighted by molar-refractivity contribution is 7.88. The predicted molar refractivity (Wildman–Crippen MR) is 118 cm³/mol. The molecule has 1 heterocycles. The first-order valence-corrected chi connectivity index (χ1v) is 11.9. The number of nitro benzene ring substituents is 1. The largest absolute Gasteiger partial charge is 0.324 e. The molecular weight excluding hydrogens is 444 g/mol. The molecule has 0 radical (unpaired) electrons. The van der Waals surface area contributed by atoms with E-state index in [0.717, 1.165) is 11.8 Å². The van der Waals surface area contributed by atoms with Crippen molar-refractivity contribution in [1.82, 2.24) is 9.62 Å². The van der Waals surface area contributed by atoms with Crippen LogP contribution in [0, 0.1) is 10.1 Å². The Morgan fingerprint density at radius 1 is 1.19 bits per heavy atom. The number of piperidine rings is 1. The fourth-order valence-electron chi connectivity index (χ4n) is 3.68. The van der Waals surface area contributed by atoms with Gasteiger partial charge in [-0.15, -0.1) is 0 Å². The topological polar surface area (TPSA) is 122 Å². The molecular formula is C20H23ClN4O5S. The summed E-state index contributed by atoms with van der Waals surface area (Å²) in [6.45, 7) is 1.03. The molecule has 1 aliphatic heterocycles. The van der Waals surface area contributed by atoms with Crippen molar-refractivity contribution in [2.24, 2.45) is 0 Å². The molecule has 2 N–H and O–H groups in total. The Kier molecular flexibility index (Phi) is 7.26. The van der Waals surface area contributed by atoms with Crippen molar-refractivity contribution in [2.45, 2.75) is 24.9 Å². The minimum atomic E-state index is -3.30. The van der Waals surface area contributed by atoms with E-state index in [1.807, 2.05) is 35.2 Å². The van der Waals surface area contributed by atoms with E-state index in [0.29, 0.717) is 25.9 Å². The number of nitro groups is 1. The molecule has 9 nitrogen and oxygen atoms in total. The molecule has 31 heavy (non-hydrogen) atoms. The third kappa shape index (κ3) is 6.23. The zero-order chi connectivity index (χ0) is 22.6. The summed E-state index contributed by atoms with van der Waals surface area (Å²) in [7, 11) is -3.30. The Labute approximate surface area is 185 Å². The van der Waals surface area contributed by atoms with Gasteiger partial charge in [-0.25, -0.2) is 13.1 Å². The minimum Gasteiger partial charge on any atom is -0.324 e. The second kappa shape index (κ2) is 9.73. The molecule has 2 aromatic carbocycles. The number of likely N-dealkylation sites (tertiary alicyclic amines) is 1. The van der Waals surface area contributed by atoms with Gasteiger partial charge < -0.3 is 5.32 Å². The van der Waals surface area contributed by atoms with Crippen LogP contribution >= 0.6 is 11.6 Å². The lowest BCUT2D eigenvalue weighted by Gasteiger charge is -2.37. The Morgan fingerprint density at radius 2 is 1.84 bits per heavy atom. The summed E-state index contributed by atoms with van der Waals surface area (Å²) in [4.78, 5) is 25.7. The van der Waals surface area contributed by atoms with Crippen LogP contribution in [0.2, 0.25) is 5.02 Å². The number of hydrogen-bond acceptors (Lipinski definition) is 6. The molecule has 166 valence electrons. The van der Waals surface area contributed by atoms with Gasteiger partial charge in [-0.3, -0.25) is 19.8 Å². The fraction of sp³-hybridized carbons (Fsp3) is 0.350. The lowest BCUT2D eigenvalue weighted by Crippen LogP contribution is -2.47. The van der Waals surface area contributed by atoms with Gasteiger partial charge in [0, 0.05) is 30.9 Å². The van der Waals surface area contributed by atoms with E-state index in [9.17, 15) is 23.3 Å². The molecule has 0 bridgehead atoms. The van der Waals surface area contributed by atoms with E-state index in [4.69, 9.17) is 11.6 Å². The Morgan fingerprint density at radius 3 is 2.42 bits per heavy atom. The first kappa shape index (κ1) is 23.1. The maximum absolute atomic E-state index is 13.2. The summed E-state index contributed by atoms with van der Waals surface area (Å²) in [6, 6.07) is 12.5. The van der Waals surface area contributed by atoms with Gasteiger partial charge in [-0.1, -0.05) is 41.9 Å². The maximum atomic E-state index is 13.2. The van der Waals surface area contributed by atoms with Gasteiger partial charge in [0.15, 0.2) is 0 Å². The zero-order valence-electron chi connectivity index (χ0n) is 16.8. The van der Waals surface area contributed by atoms with Crippen molar-refractivity contribution in [1.29, 1.82) is 0 Å². The van der Waals surface area contributed by atoms with Crippen LogP contribution in [0.3, 0.4) is 0 Å². The third-order valence-electron chi connectivity index (χ3n) is 5.05. The average molecular weight is 467 g/mol. The summed E-state index contributed by atoms with van der Waals surface area (Å²) in [5, 5.41) is 13.9. The van der Waals surface area contributed by atoms with Crippen LogP contribution in [0.25, 0.3) is 0 Å². The second-order valence-corrected chi connectivity index (χ2v) is 9.61. The highest BCUT2D eigenvalue weighted by atomic mass is 35.5. The maximum Gasteiger partial charge on any atom is 0.289 e. The number of carbonyl (C=O) groups is 1. The average Bonchev–Trinajstić information content (AvgIpc) is 2.70. The SMILES string of the molecule is CS(=O)(=O)NC1CCN([C@@H](C(=O)Nc2ccc(Cl)c([N+](=O)[O-])c2)c2ccccc2)CC1. The molecule has 11 heteroatoms. The molecule has 1 atom stereocenters. The lowest BCUT2D eigenvalue weighted by molar-refractivity contribution is -0.384. The quantitative estimate of drug-likeness (QED) is 0.478. The summed E-state index contributed by atoms with van der Waals surface area (Å²) in [6.07, 6.45) is 2.26. The number of amides is 1. The van der Waals surface area contributed by atoms with Crippen molar-refractivity contribution in [2.75, 3.05) is 24.7 Å². The van der Waals surface area contributed by atoms with Crippen LogP contribution in [0.15, 0.2) is 48.5 Å². The number of benzene rings is 2. The first-order chi connectivity index (χ1) is 14.6. The summed E-state index contributed by atoms with van der Waals surface area (Å²) >= 11 is 5.86. The summed E-state index contributed by atoms with van der Waals surface area (Å²) < 4.78 is 25.6. The molecule has 0 aliphatic carbocycles. The van der Waals surface area contributed by atoms with Gasteiger partial charge in [-0.05, 0) is 30.5 Å². The van der Waals surface area contributed by atoms with E-state index in [1.54, 1.807) is 0 Å². The van der Waals surface area contributed by atoms with Crippen molar-refractivity contribution < 1.29 is 18.1 Å². The van der Waals surface area contributed by atoms with Crippen molar-refractivity contribution >= 4 is 38.9 Å². The molecule has 1 fully saturated rings. The van der Waals surface area contributed by atoms with Crippen LogP contribution in [-0.2, 0) is 14.8 Å². The Bertz CT molecular complexity index is 1060. The van der Waals surface area contributed by atoms with E-state index in [1.165, 1.54) is 18.2 Å². The second-order valence-electron chi connectivity index (χ2n) is 7.43. The number of anilines is 1. The summed E-state index contributed by atoms with van der Waals surface area (Å²) in [5.74, 6) is -0.336. The molecule has 1 saturated heterocycles. The van der Waals surface area contributed by atoms with Gasteiger partial charge in [0.05, 0.1) is 11.2 Å². The van der Waals surface area contributed by atoms with Crippen LogP contribution in [0.4, 0.5) is 11.4 Å². The van der Waals surface area contributed by atoms with Crippen LogP contribution in [-0.4, -0.2) is 49.5 Å². The zero-order valence-corrected chi connectivity index (χ0v) is 18.4. The number of nitrogens with zero attached hydrogens (tertiary/aromatic N) is 2. The molecule has 0 spiro atoms. The first-order valence-electron chi connectivity index (χ1n) is 9.65. The predicted octanol–water partition coefficient (Wildman–Crippen LogP) is 2.94. The van der Waals surface area contributed by atoms with Gasteiger partial charge in [0.1, 0.15) is 11.1 Å². The smallest absolute Gasteiger partial charge is 0.289 e. The number of rotatable bonds is 7. The molecule has 0 aromatic heterocycles. The number of nitrogens with one attached hydrogen (secondary N) is 2. The molecule has 2 aromatic rings. The van der Waals surface area contributed by atoms with Crippen LogP contribution < -0.4 is 10.0 Å². The number of hydrogen-bond donors (Lipinski definition) is 2. The molecule has 3 rings (SSSR count). The van der Waals surface area contributed by atoms with Gasteiger partial charge in [-0.2, -0.15) is 0 Å². The highest BCUT2D eigenvalue weighted by Crippen LogP contribution is 2.30. The lowest BCUT2D eigenvalue weighted by atomic mass is 9.99. The molecule has 0 saturated carbocycles. The van der Waals surface area contributed by atoms with Gasteiger partial charge in [0.2, 0.25) is 15.9 Å². The monoisotopic (exact) mass is 466 g/mol. The third-order valence-corrected chi connectivity index (χ3v) is 6.13.